The molecule has 7 heteroatoms. The van der Waals surface area contributed by atoms with Crippen LogP contribution in [0, 0.1) is 0 Å². The fourth-order valence-corrected chi connectivity index (χ4v) is 3.88. The van der Waals surface area contributed by atoms with Gasteiger partial charge < -0.3 is 15.3 Å². The zero-order valence-corrected chi connectivity index (χ0v) is 16.4. The van der Waals surface area contributed by atoms with Crippen LogP contribution in [-0.4, -0.2) is 58.4 Å². The molecule has 0 radical (unpaired) electrons. The van der Waals surface area contributed by atoms with Crippen molar-refractivity contribution in [3.05, 3.63) is 35.9 Å². The smallest absolute Gasteiger partial charge is 0.303 e. The summed E-state index contributed by atoms with van der Waals surface area (Å²) in [7, 11) is 0. The van der Waals surface area contributed by atoms with Gasteiger partial charge in [0.05, 0.1) is 11.5 Å². The fourth-order valence-electron chi connectivity index (χ4n) is 3.16. The van der Waals surface area contributed by atoms with Crippen LogP contribution in [0.15, 0.2) is 30.3 Å². The van der Waals surface area contributed by atoms with Crippen LogP contribution in [0.2, 0.25) is 0 Å². The Bertz CT molecular complexity index is 618. The van der Waals surface area contributed by atoms with Crippen LogP contribution >= 0.6 is 11.8 Å². The molecule has 1 aromatic carbocycles. The lowest BCUT2D eigenvalue weighted by molar-refractivity contribution is -0.137. The highest BCUT2D eigenvalue weighted by atomic mass is 32.2. The highest BCUT2D eigenvalue weighted by molar-refractivity contribution is 8.00. The van der Waals surface area contributed by atoms with Crippen LogP contribution in [-0.2, 0) is 20.8 Å². The maximum Gasteiger partial charge on any atom is 0.303 e. The molecule has 2 N–H and O–H groups in total. The summed E-state index contributed by atoms with van der Waals surface area (Å²) in [5.74, 6) is -0.412. The maximum absolute atomic E-state index is 12.2. The second-order valence-corrected chi connectivity index (χ2v) is 7.81. The standard InChI is InChI=1S/C20H28N2O4S/c23-18(14-27-15-19(24)22-11-5-2-6-12-22)21-17(9-10-20(25)26)13-16-7-3-1-4-8-16/h1,3-4,7-8,17H,2,5-6,9-15H2,(H,21,23)(H,25,26). The highest BCUT2D eigenvalue weighted by Crippen LogP contribution is 2.12. The SMILES string of the molecule is O=C(O)CCC(Cc1ccccc1)NC(=O)CSCC(=O)N1CCCCC1. The number of carboxylic acid groups (broad SMARTS) is 1. The molecule has 1 atom stereocenters. The Morgan fingerprint density at radius 3 is 2.44 bits per heavy atom. The van der Waals surface area contributed by atoms with Gasteiger partial charge in [0, 0.05) is 25.6 Å². The van der Waals surface area contributed by atoms with E-state index in [9.17, 15) is 14.4 Å². The van der Waals surface area contributed by atoms with Crippen LogP contribution < -0.4 is 5.32 Å². The molecule has 0 bridgehead atoms. The normalized spacial score (nSPS) is 15.2. The van der Waals surface area contributed by atoms with Gasteiger partial charge in [-0.2, -0.15) is 0 Å². The minimum Gasteiger partial charge on any atom is -0.481 e. The monoisotopic (exact) mass is 392 g/mol. The molecular formula is C20H28N2O4S. The molecule has 27 heavy (non-hydrogen) atoms. The molecule has 2 amide bonds. The van der Waals surface area contributed by atoms with Crippen LogP contribution in [0.3, 0.4) is 0 Å². The Balaban J connectivity index is 1.76. The van der Waals surface area contributed by atoms with Crippen molar-refractivity contribution in [2.75, 3.05) is 24.6 Å². The summed E-state index contributed by atoms with van der Waals surface area (Å²) in [6.45, 7) is 1.64. The van der Waals surface area contributed by atoms with Crippen molar-refractivity contribution in [3.63, 3.8) is 0 Å². The largest absolute Gasteiger partial charge is 0.481 e. The summed E-state index contributed by atoms with van der Waals surface area (Å²) in [6.07, 6.45) is 4.28. The first-order chi connectivity index (χ1) is 13.0. The van der Waals surface area contributed by atoms with E-state index in [2.05, 4.69) is 5.32 Å². The van der Waals surface area contributed by atoms with Crippen molar-refractivity contribution >= 4 is 29.5 Å². The molecule has 1 unspecified atom stereocenters. The lowest BCUT2D eigenvalue weighted by Crippen LogP contribution is -2.39. The lowest BCUT2D eigenvalue weighted by Gasteiger charge is -2.26. The van der Waals surface area contributed by atoms with Gasteiger partial charge >= 0.3 is 5.97 Å². The van der Waals surface area contributed by atoms with Gasteiger partial charge in [0.1, 0.15) is 0 Å². The summed E-state index contributed by atoms with van der Waals surface area (Å²) in [6, 6.07) is 9.47. The predicted octanol–water partition coefficient (Wildman–Crippen LogP) is 2.32. The van der Waals surface area contributed by atoms with E-state index >= 15 is 0 Å². The third kappa shape index (κ3) is 8.47. The number of nitrogens with zero attached hydrogens (tertiary/aromatic N) is 1. The van der Waals surface area contributed by atoms with Crippen molar-refractivity contribution < 1.29 is 19.5 Å². The van der Waals surface area contributed by atoms with Gasteiger partial charge in [-0.05, 0) is 37.7 Å². The molecule has 6 nitrogen and oxygen atoms in total. The van der Waals surface area contributed by atoms with E-state index in [-0.39, 0.29) is 30.0 Å². The Labute approximate surface area is 164 Å². The van der Waals surface area contributed by atoms with E-state index in [1.807, 2.05) is 35.2 Å². The van der Waals surface area contributed by atoms with E-state index in [4.69, 9.17) is 5.11 Å². The molecule has 1 heterocycles. The zero-order valence-electron chi connectivity index (χ0n) is 15.6. The van der Waals surface area contributed by atoms with Gasteiger partial charge in [0.15, 0.2) is 0 Å². The van der Waals surface area contributed by atoms with Gasteiger partial charge in [-0.25, -0.2) is 0 Å². The van der Waals surface area contributed by atoms with E-state index in [0.29, 0.717) is 18.6 Å². The fraction of sp³-hybridized carbons (Fsp3) is 0.550. The van der Waals surface area contributed by atoms with Crippen LogP contribution in [0.25, 0.3) is 0 Å². The van der Waals surface area contributed by atoms with Gasteiger partial charge in [0.25, 0.3) is 0 Å². The molecule has 0 spiro atoms. The molecule has 1 aliphatic heterocycles. The molecule has 0 aromatic heterocycles. The number of nitrogens with one attached hydrogen (secondary N) is 1. The first-order valence-corrected chi connectivity index (χ1v) is 10.6. The number of hydrogen-bond donors (Lipinski definition) is 2. The van der Waals surface area contributed by atoms with E-state index < -0.39 is 5.97 Å². The Hall–Kier alpha value is -2.02. The number of amides is 2. The molecule has 1 fully saturated rings. The topological polar surface area (TPSA) is 86.7 Å². The summed E-state index contributed by atoms with van der Waals surface area (Å²) in [4.78, 5) is 37.1. The number of carboxylic acids is 1. The van der Waals surface area contributed by atoms with E-state index in [0.717, 1.165) is 31.5 Å². The number of aliphatic carboxylic acids is 1. The number of rotatable bonds is 10. The van der Waals surface area contributed by atoms with E-state index in [1.54, 1.807) is 0 Å². The number of thioether (sulfide) groups is 1. The minimum absolute atomic E-state index is 0.0123. The summed E-state index contributed by atoms with van der Waals surface area (Å²) < 4.78 is 0. The van der Waals surface area contributed by atoms with Gasteiger partial charge in [0.2, 0.25) is 11.8 Å². The van der Waals surface area contributed by atoms with Gasteiger partial charge in [-0.15, -0.1) is 11.8 Å². The first kappa shape index (κ1) is 21.3. The molecule has 1 saturated heterocycles. The van der Waals surface area contributed by atoms with Crippen LogP contribution in [0.4, 0.5) is 0 Å². The second-order valence-electron chi connectivity index (χ2n) is 6.82. The number of hydrogen-bond acceptors (Lipinski definition) is 4. The maximum atomic E-state index is 12.2. The van der Waals surface area contributed by atoms with Crippen molar-refractivity contribution in [2.24, 2.45) is 0 Å². The van der Waals surface area contributed by atoms with Crippen LogP contribution in [0.1, 0.15) is 37.7 Å². The zero-order chi connectivity index (χ0) is 19.5. The van der Waals surface area contributed by atoms with Gasteiger partial charge in [-0.3, -0.25) is 14.4 Å². The Morgan fingerprint density at radius 1 is 1.07 bits per heavy atom. The third-order valence-electron chi connectivity index (χ3n) is 4.56. The van der Waals surface area contributed by atoms with Crippen molar-refractivity contribution in [1.82, 2.24) is 10.2 Å². The summed E-state index contributed by atoms with van der Waals surface area (Å²) in [5, 5.41) is 11.9. The molecule has 2 rings (SSSR count). The number of carbonyl (C=O) groups is 3. The van der Waals surface area contributed by atoms with Crippen LogP contribution in [0.5, 0.6) is 0 Å². The number of carbonyl (C=O) groups excluding carboxylic acids is 2. The number of likely N-dealkylation sites (tertiary alicyclic amines) is 1. The number of piperidine rings is 1. The highest BCUT2D eigenvalue weighted by Gasteiger charge is 2.18. The van der Waals surface area contributed by atoms with Crippen molar-refractivity contribution in [3.8, 4) is 0 Å². The quantitative estimate of drug-likeness (QED) is 0.638. The molecule has 148 valence electrons. The molecule has 1 aromatic rings. The molecular weight excluding hydrogens is 364 g/mol. The molecule has 0 saturated carbocycles. The number of benzene rings is 1. The third-order valence-corrected chi connectivity index (χ3v) is 5.48. The average molecular weight is 393 g/mol. The predicted molar refractivity (Wildman–Crippen MR) is 107 cm³/mol. The lowest BCUT2D eigenvalue weighted by atomic mass is 10.0. The minimum atomic E-state index is -0.871. The second kappa shape index (κ2) is 11.6. The first-order valence-electron chi connectivity index (χ1n) is 9.45. The van der Waals surface area contributed by atoms with Crippen molar-refractivity contribution in [2.45, 2.75) is 44.6 Å². The van der Waals surface area contributed by atoms with E-state index in [1.165, 1.54) is 18.2 Å². The molecule has 0 aliphatic carbocycles. The Kier molecular flexibility index (Phi) is 9.18. The Morgan fingerprint density at radius 2 is 1.78 bits per heavy atom. The summed E-state index contributed by atoms with van der Waals surface area (Å²) in [5.41, 5.74) is 1.06. The summed E-state index contributed by atoms with van der Waals surface area (Å²) >= 11 is 1.32. The molecule has 1 aliphatic rings. The van der Waals surface area contributed by atoms with Gasteiger partial charge in [-0.1, -0.05) is 30.3 Å². The average Bonchev–Trinajstić information content (AvgIpc) is 2.67. The van der Waals surface area contributed by atoms with Crippen molar-refractivity contribution in [1.29, 1.82) is 0 Å².